The summed E-state index contributed by atoms with van der Waals surface area (Å²) < 4.78 is 6.41. The summed E-state index contributed by atoms with van der Waals surface area (Å²) in [5.74, 6) is -0.231. The number of hydrogen-bond donors (Lipinski definition) is 1. The van der Waals surface area contributed by atoms with E-state index in [1.54, 1.807) is 0 Å². The Morgan fingerprint density at radius 3 is 2.72 bits per heavy atom. The second kappa shape index (κ2) is 9.75. The van der Waals surface area contributed by atoms with Crippen LogP contribution in [0.4, 0.5) is 0 Å². The van der Waals surface area contributed by atoms with Gasteiger partial charge >= 0.3 is 5.97 Å². The molecule has 9 heteroatoms. The Hall–Kier alpha value is -1.87. The Labute approximate surface area is 178 Å². The van der Waals surface area contributed by atoms with Gasteiger partial charge in [0, 0.05) is 23.9 Å². The van der Waals surface area contributed by atoms with Gasteiger partial charge in [-0.15, -0.1) is 11.3 Å². The molecule has 3 rings (SSSR count). The fraction of sp³-hybridized carbons (Fsp3) is 0.600. The van der Waals surface area contributed by atoms with Gasteiger partial charge in [0.2, 0.25) is 5.91 Å². The molecule has 1 saturated carbocycles. The van der Waals surface area contributed by atoms with E-state index < -0.39 is 0 Å². The molecule has 2 heterocycles. The molecule has 2 aromatic heterocycles. The molecule has 1 N–H and O–H groups in total. The van der Waals surface area contributed by atoms with E-state index in [-0.39, 0.29) is 35.7 Å². The summed E-state index contributed by atoms with van der Waals surface area (Å²) in [4.78, 5) is 43.2. The number of nitrogens with one attached hydrogen (secondary N) is 1. The van der Waals surface area contributed by atoms with Crippen molar-refractivity contribution in [1.82, 2.24) is 14.9 Å². The summed E-state index contributed by atoms with van der Waals surface area (Å²) in [6.07, 6.45) is 4.99. The number of hydrogen-bond acceptors (Lipinski definition) is 7. The van der Waals surface area contributed by atoms with Crippen LogP contribution in [0.5, 0.6) is 0 Å². The number of amides is 1. The van der Waals surface area contributed by atoms with Crippen molar-refractivity contribution >= 4 is 45.2 Å². The zero-order valence-corrected chi connectivity index (χ0v) is 18.7. The third-order valence-electron chi connectivity index (χ3n) is 5.33. The van der Waals surface area contributed by atoms with E-state index in [9.17, 15) is 14.4 Å². The normalized spacial score (nSPS) is 14.4. The Kier molecular flexibility index (Phi) is 7.34. The molecule has 158 valence electrons. The quantitative estimate of drug-likeness (QED) is 0.295. The number of nitrogens with zero attached hydrogens (tertiary/aromatic N) is 2. The summed E-state index contributed by atoms with van der Waals surface area (Å²) in [5, 5.41) is 4.15. The van der Waals surface area contributed by atoms with Gasteiger partial charge in [-0.05, 0) is 38.7 Å². The number of ether oxygens (including phenoxy) is 1. The average Bonchev–Trinajstić information content (AvgIpc) is 3.32. The number of methoxy groups -OCH3 is 1. The van der Waals surface area contributed by atoms with E-state index in [2.05, 4.69) is 10.1 Å². The number of esters is 1. The number of thiophene rings is 1. The maximum Gasteiger partial charge on any atom is 0.305 e. The molecule has 0 unspecified atom stereocenters. The highest BCUT2D eigenvalue weighted by Crippen LogP contribution is 2.34. The van der Waals surface area contributed by atoms with E-state index >= 15 is 0 Å². The van der Waals surface area contributed by atoms with Gasteiger partial charge in [0.15, 0.2) is 5.16 Å². The van der Waals surface area contributed by atoms with E-state index in [0.29, 0.717) is 18.1 Å². The molecule has 0 bridgehead atoms. The van der Waals surface area contributed by atoms with Crippen molar-refractivity contribution in [2.75, 3.05) is 19.4 Å². The van der Waals surface area contributed by atoms with Crippen molar-refractivity contribution in [3.05, 3.63) is 20.8 Å². The SMILES string of the molecule is COC(=O)CCCNC(=O)CSc1nc2sc(C)c(C)c2c(=O)n1C1CCCC1. The van der Waals surface area contributed by atoms with Crippen LogP contribution in [0.3, 0.4) is 0 Å². The number of fused-ring (bicyclic) bond motifs is 1. The fourth-order valence-electron chi connectivity index (χ4n) is 3.62. The van der Waals surface area contributed by atoms with Crippen molar-refractivity contribution in [2.24, 2.45) is 0 Å². The molecule has 2 aromatic rings. The second-order valence-electron chi connectivity index (χ2n) is 7.29. The van der Waals surface area contributed by atoms with Gasteiger partial charge in [0.05, 0.1) is 18.2 Å². The summed E-state index contributed by atoms with van der Waals surface area (Å²) in [6, 6.07) is 0.157. The largest absolute Gasteiger partial charge is 0.469 e. The molecule has 0 radical (unpaired) electrons. The van der Waals surface area contributed by atoms with Gasteiger partial charge in [-0.25, -0.2) is 4.98 Å². The minimum Gasteiger partial charge on any atom is -0.469 e. The number of carbonyl (C=O) groups is 2. The predicted molar refractivity (Wildman–Crippen MR) is 116 cm³/mol. The average molecular weight is 438 g/mol. The van der Waals surface area contributed by atoms with Gasteiger partial charge in [0.1, 0.15) is 4.83 Å². The van der Waals surface area contributed by atoms with Crippen molar-refractivity contribution in [1.29, 1.82) is 0 Å². The minimum absolute atomic E-state index is 0.0183. The van der Waals surface area contributed by atoms with Gasteiger partial charge < -0.3 is 10.1 Å². The van der Waals surface area contributed by atoms with Crippen LogP contribution in [0.25, 0.3) is 10.2 Å². The van der Waals surface area contributed by atoms with Crippen LogP contribution >= 0.6 is 23.1 Å². The Bertz CT molecular complexity index is 961. The molecule has 1 amide bonds. The first kappa shape index (κ1) is 21.8. The maximum atomic E-state index is 13.3. The molecule has 0 aromatic carbocycles. The summed E-state index contributed by atoms with van der Waals surface area (Å²) in [6.45, 7) is 4.40. The highest BCUT2D eigenvalue weighted by molar-refractivity contribution is 7.99. The summed E-state index contributed by atoms with van der Waals surface area (Å²) >= 11 is 2.84. The van der Waals surface area contributed by atoms with Crippen LogP contribution < -0.4 is 10.9 Å². The van der Waals surface area contributed by atoms with Crippen molar-refractivity contribution in [3.63, 3.8) is 0 Å². The maximum absolute atomic E-state index is 13.3. The third kappa shape index (κ3) is 5.01. The van der Waals surface area contributed by atoms with Crippen LogP contribution in [-0.4, -0.2) is 40.8 Å². The number of aryl methyl sites for hydroxylation is 2. The first-order valence-electron chi connectivity index (χ1n) is 9.91. The first-order chi connectivity index (χ1) is 13.9. The highest BCUT2D eigenvalue weighted by Gasteiger charge is 2.25. The molecule has 0 aliphatic heterocycles. The first-order valence-corrected chi connectivity index (χ1v) is 11.7. The third-order valence-corrected chi connectivity index (χ3v) is 7.39. The van der Waals surface area contributed by atoms with Crippen molar-refractivity contribution in [2.45, 2.75) is 63.6 Å². The van der Waals surface area contributed by atoms with Crippen LogP contribution in [0.1, 0.15) is 55.0 Å². The molecule has 0 spiro atoms. The molecule has 29 heavy (non-hydrogen) atoms. The van der Waals surface area contributed by atoms with Crippen molar-refractivity contribution < 1.29 is 14.3 Å². The highest BCUT2D eigenvalue weighted by atomic mass is 32.2. The van der Waals surface area contributed by atoms with Gasteiger partial charge in [0.25, 0.3) is 5.56 Å². The monoisotopic (exact) mass is 437 g/mol. The standard InChI is InChI=1S/C20H27N3O4S2/c1-12-13(2)29-18-17(12)19(26)23(14-7-4-5-8-14)20(22-18)28-11-15(24)21-10-6-9-16(25)27-3/h14H,4-11H2,1-3H3,(H,21,24). The van der Waals surface area contributed by atoms with Crippen LogP contribution in [0.15, 0.2) is 9.95 Å². The lowest BCUT2D eigenvalue weighted by atomic mass is 10.2. The van der Waals surface area contributed by atoms with Crippen LogP contribution in [-0.2, 0) is 14.3 Å². The number of thioether (sulfide) groups is 1. The zero-order chi connectivity index (χ0) is 21.0. The summed E-state index contributed by atoms with van der Waals surface area (Å²) in [7, 11) is 1.35. The summed E-state index contributed by atoms with van der Waals surface area (Å²) in [5.41, 5.74) is 1.03. The molecule has 0 atom stereocenters. The van der Waals surface area contributed by atoms with E-state index in [4.69, 9.17) is 4.98 Å². The molecular formula is C20H27N3O4S2. The van der Waals surface area contributed by atoms with Gasteiger partial charge in [-0.2, -0.15) is 0 Å². The Morgan fingerprint density at radius 1 is 1.31 bits per heavy atom. The molecule has 7 nitrogen and oxygen atoms in total. The van der Waals surface area contributed by atoms with Crippen LogP contribution in [0, 0.1) is 13.8 Å². The molecule has 1 aliphatic carbocycles. The van der Waals surface area contributed by atoms with E-state index in [0.717, 1.165) is 46.3 Å². The van der Waals surface area contributed by atoms with Gasteiger partial charge in [-0.1, -0.05) is 24.6 Å². The van der Waals surface area contributed by atoms with E-state index in [1.165, 1.54) is 30.2 Å². The number of rotatable bonds is 8. The van der Waals surface area contributed by atoms with E-state index in [1.807, 2.05) is 18.4 Å². The molecule has 1 fully saturated rings. The lowest BCUT2D eigenvalue weighted by Crippen LogP contribution is -2.29. The second-order valence-corrected chi connectivity index (χ2v) is 9.44. The topological polar surface area (TPSA) is 90.3 Å². The van der Waals surface area contributed by atoms with Crippen LogP contribution in [0.2, 0.25) is 0 Å². The van der Waals surface area contributed by atoms with Gasteiger partial charge in [-0.3, -0.25) is 19.0 Å². The lowest BCUT2D eigenvalue weighted by molar-refractivity contribution is -0.140. The minimum atomic E-state index is -0.284. The predicted octanol–water partition coefficient (Wildman–Crippen LogP) is 3.35. The molecule has 0 saturated heterocycles. The Morgan fingerprint density at radius 2 is 2.03 bits per heavy atom. The molecule has 1 aliphatic rings. The number of carbonyl (C=O) groups excluding carboxylic acids is 2. The lowest BCUT2D eigenvalue weighted by Gasteiger charge is -2.18. The zero-order valence-electron chi connectivity index (χ0n) is 17.1. The fourth-order valence-corrected chi connectivity index (χ4v) is 5.58. The Balaban J connectivity index is 1.74. The smallest absolute Gasteiger partial charge is 0.305 e. The molecular weight excluding hydrogens is 410 g/mol. The number of aromatic nitrogens is 2. The van der Waals surface area contributed by atoms with Crippen molar-refractivity contribution in [3.8, 4) is 0 Å².